The molecule has 0 aromatic heterocycles. The molecule has 1 aromatic rings. The minimum atomic E-state index is 0.324. The zero-order chi connectivity index (χ0) is 12.2. The molecule has 16 heavy (non-hydrogen) atoms. The van der Waals surface area contributed by atoms with Gasteiger partial charge < -0.3 is 10.6 Å². The predicted molar refractivity (Wildman–Crippen MR) is 71.9 cm³/mol. The fourth-order valence-corrected chi connectivity index (χ4v) is 1.89. The predicted octanol–water partition coefficient (Wildman–Crippen LogP) is 2.67. The van der Waals surface area contributed by atoms with Crippen LogP contribution in [0.4, 0.5) is 5.69 Å². The Kier molecular flexibility index (Phi) is 4.36. The molecule has 1 rings (SSSR count). The van der Waals surface area contributed by atoms with Crippen LogP contribution >= 0.6 is 0 Å². The molecule has 2 heteroatoms. The second kappa shape index (κ2) is 5.35. The summed E-state index contributed by atoms with van der Waals surface area (Å²) in [7, 11) is 2.14. The minimum absolute atomic E-state index is 0.324. The summed E-state index contributed by atoms with van der Waals surface area (Å²) in [5.74, 6) is 0. The van der Waals surface area contributed by atoms with E-state index in [1.807, 2.05) is 0 Å². The van der Waals surface area contributed by atoms with Gasteiger partial charge in [0.2, 0.25) is 0 Å². The van der Waals surface area contributed by atoms with Crippen molar-refractivity contribution in [2.75, 3.05) is 25.0 Å². The summed E-state index contributed by atoms with van der Waals surface area (Å²) in [5, 5.41) is 0. The van der Waals surface area contributed by atoms with Gasteiger partial charge in [0.05, 0.1) is 0 Å². The fraction of sp³-hybridized carbons (Fsp3) is 0.571. The Morgan fingerprint density at radius 2 is 1.69 bits per heavy atom. The van der Waals surface area contributed by atoms with Gasteiger partial charge in [0.1, 0.15) is 0 Å². The maximum atomic E-state index is 5.53. The van der Waals surface area contributed by atoms with Gasteiger partial charge >= 0.3 is 0 Å². The molecule has 0 unspecified atom stereocenters. The van der Waals surface area contributed by atoms with Gasteiger partial charge in [0.15, 0.2) is 0 Å². The highest BCUT2D eigenvalue weighted by Gasteiger charge is 2.13. The first kappa shape index (κ1) is 13.0. The SMILES string of the molecule is CN(CC(C)(C)C)c1ccc(CCN)cc1. The van der Waals surface area contributed by atoms with Crippen molar-refractivity contribution < 1.29 is 0 Å². The van der Waals surface area contributed by atoms with Crippen LogP contribution in [0.2, 0.25) is 0 Å². The van der Waals surface area contributed by atoms with Crippen LogP contribution in [0.15, 0.2) is 24.3 Å². The van der Waals surface area contributed by atoms with Crippen LogP contribution in [-0.4, -0.2) is 20.1 Å². The van der Waals surface area contributed by atoms with Crippen molar-refractivity contribution in [3.8, 4) is 0 Å². The number of anilines is 1. The number of nitrogens with zero attached hydrogens (tertiary/aromatic N) is 1. The standard InChI is InChI=1S/C14H24N2/c1-14(2,3)11-16(4)13-7-5-12(6-8-13)9-10-15/h5-8H,9-11,15H2,1-4H3. The van der Waals surface area contributed by atoms with Crippen molar-refractivity contribution in [3.05, 3.63) is 29.8 Å². The van der Waals surface area contributed by atoms with Crippen LogP contribution in [0.5, 0.6) is 0 Å². The summed E-state index contributed by atoms with van der Waals surface area (Å²) in [6.45, 7) is 8.55. The molecule has 0 fully saturated rings. The first-order valence-electron chi connectivity index (χ1n) is 5.92. The Labute approximate surface area is 99.5 Å². The Hall–Kier alpha value is -1.02. The number of hydrogen-bond acceptors (Lipinski definition) is 2. The van der Waals surface area contributed by atoms with E-state index in [0.717, 1.165) is 19.5 Å². The van der Waals surface area contributed by atoms with E-state index in [1.165, 1.54) is 11.3 Å². The third-order valence-corrected chi connectivity index (χ3v) is 2.52. The molecule has 0 heterocycles. The van der Waals surface area contributed by atoms with Crippen LogP contribution in [0.3, 0.4) is 0 Å². The Morgan fingerprint density at radius 1 is 1.12 bits per heavy atom. The third kappa shape index (κ3) is 4.23. The lowest BCUT2D eigenvalue weighted by molar-refractivity contribution is 0.419. The molecule has 0 radical (unpaired) electrons. The van der Waals surface area contributed by atoms with E-state index in [4.69, 9.17) is 5.73 Å². The summed E-state index contributed by atoms with van der Waals surface area (Å²) >= 11 is 0. The van der Waals surface area contributed by atoms with Crippen LogP contribution < -0.4 is 10.6 Å². The molecule has 0 saturated heterocycles. The second-order valence-corrected chi connectivity index (χ2v) is 5.62. The van der Waals surface area contributed by atoms with Gasteiger partial charge in [-0.05, 0) is 36.1 Å². The Bertz CT molecular complexity index is 309. The van der Waals surface area contributed by atoms with E-state index in [0.29, 0.717) is 5.41 Å². The van der Waals surface area contributed by atoms with Gasteiger partial charge in [-0.2, -0.15) is 0 Å². The van der Waals surface area contributed by atoms with Gasteiger partial charge in [0.25, 0.3) is 0 Å². The molecule has 0 saturated carbocycles. The van der Waals surface area contributed by atoms with E-state index in [9.17, 15) is 0 Å². The van der Waals surface area contributed by atoms with E-state index in [-0.39, 0.29) is 0 Å². The second-order valence-electron chi connectivity index (χ2n) is 5.62. The van der Waals surface area contributed by atoms with Crippen LogP contribution in [0.25, 0.3) is 0 Å². The zero-order valence-corrected chi connectivity index (χ0v) is 11.0. The quantitative estimate of drug-likeness (QED) is 0.845. The summed E-state index contributed by atoms with van der Waals surface area (Å²) in [4.78, 5) is 2.30. The lowest BCUT2D eigenvalue weighted by Gasteiger charge is -2.28. The molecule has 0 amide bonds. The molecule has 90 valence electrons. The van der Waals surface area contributed by atoms with Crippen molar-refractivity contribution in [1.29, 1.82) is 0 Å². The molecule has 0 spiro atoms. The normalized spacial score (nSPS) is 11.6. The lowest BCUT2D eigenvalue weighted by Crippen LogP contribution is -2.28. The zero-order valence-electron chi connectivity index (χ0n) is 11.0. The van der Waals surface area contributed by atoms with Gasteiger partial charge in [-0.25, -0.2) is 0 Å². The molecule has 2 nitrogen and oxygen atoms in total. The van der Waals surface area contributed by atoms with Gasteiger partial charge in [0, 0.05) is 19.3 Å². The lowest BCUT2D eigenvalue weighted by atomic mass is 9.96. The summed E-state index contributed by atoms with van der Waals surface area (Å²) < 4.78 is 0. The largest absolute Gasteiger partial charge is 0.374 e. The molecule has 0 aliphatic rings. The highest BCUT2D eigenvalue weighted by atomic mass is 15.1. The van der Waals surface area contributed by atoms with Crippen molar-refractivity contribution in [1.82, 2.24) is 0 Å². The summed E-state index contributed by atoms with van der Waals surface area (Å²) in [6.07, 6.45) is 0.962. The first-order valence-corrected chi connectivity index (χ1v) is 5.92. The molecule has 0 bridgehead atoms. The average molecular weight is 220 g/mol. The van der Waals surface area contributed by atoms with E-state index in [2.05, 4.69) is 57.0 Å². The Balaban J connectivity index is 2.66. The number of hydrogen-bond donors (Lipinski definition) is 1. The van der Waals surface area contributed by atoms with E-state index >= 15 is 0 Å². The molecule has 0 aliphatic heterocycles. The number of rotatable bonds is 4. The monoisotopic (exact) mass is 220 g/mol. The maximum absolute atomic E-state index is 5.53. The van der Waals surface area contributed by atoms with Gasteiger partial charge in [-0.1, -0.05) is 32.9 Å². The van der Waals surface area contributed by atoms with Crippen LogP contribution in [0.1, 0.15) is 26.3 Å². The van der Waals surface area contributed by atoms with E-state index in [1.54, 1.807) is 0 Å². The molecule has 0 aliphatic carbocycles. The summed E-state index contributed by atoms with van der Waals surface area (Å²) in [5.41, 5.74) is 8.44. The van der Waals surface area contributed by atoms with Crippen molar-refractivity contribution in [3.63, 3.8) is 0 Å². The highest BCUT2D eigenvalue weighted by Crippen LogP contribution is 2.20. The smallest absolute Gasteiger partial charge is 0.0363 e. The van der Waals surface area contributed by atoms with E-state index < -0.39 is 0 Å². The molecular formula is C14H24N2. The molecule has 1 aromatic carbocycles. The minimum Gasteiger partial charge on any atom is -0.374 e. The maximum Gasteiger partial charge on any atom is 0.0363 e. The third-order valence-electron chi connectivity index (χ3n) is 2.52. The van der Waals surface area contributed by atoms with Crippen molar-refractivity contribution in [2.45, 2.75) is 27.2 Å². The topological polar surface area (TPSA) is 29.3 Å². The van der Waals surface area contributed by atoms with Crippen molar-refractivity contribution >= 4 is 5.69 Å². The first-order chi connectivity index (χ1) is 7.42. The molecular weight excluding hydrogens is 196 g/mol. The highest BCUT2D eigenvalue weighted by molar-refractivity contribution is 5.47. The van der Waals surface area contributed by atoms with Crippen LogP contribution in [-0.2, 0) is 6.42 Å². The van der Waals surface area contributed by atoms with Crippen molar-refractivity contribution in [2.24, 2.45) is 11.1 Å². The average Bonchev–Trinajstić information content (AvgIpc) is 2.16. The van der Waals surface area contributed by atoms with Crippen LogP contribution in [0, 0.1) is 5.41 Å². The van der Waals surface area contributed by atoms with Gasteiger partial charge in [-0.3, -0.25) is 0 Å². The fourth-order valence-electron chi connectivity index (χ4n) is 1.89. The Morgan fingerprint density at radius 3 is 2.12 bits per heavy atom. The molecule has 0 atom stereocenters. The number of benzene rings is 1. The summed E-state index contributed by atoms with van der Waals surface area (Å²) in [6, 6.07) is 8.69. The molecule has 2 N–H and O–H groups in total. The van der Waals surface area contributed by atoms with Gasteiger partial charge in [-0.15, -0.1) is 0 Å². The number of nitrogens with two attached hydrogens (primary N) is 1.